The summed E-state index contributed by atoms with van der Waals surface area (Å²) in [5.41, 5.74) is 11.2. The molecule has 0 aliphatic carbocycles. The summed E-state index contributed by atoms with van der Waals surface area (Å²) in [7, 11) is 0. The number of benzene rings is 11. The summed E-state index contributed by atoms with van der Waals surface area (Å²) in [6.45, 7) is 0. The van der Waals surface area contributed by atoms with Crippen LogP contribution in [0.1, 0.15) is 0 Å². The minimum absolute atomic E-state index is 0.889. The van der Waals surface area contributed by atoms with E-state index in [1.54, 1.807) is 0 Å². The molecule has 2 heteroatoms. The van der Waals surface area contributed by atoms with Crippen LogP contribution in [-0.4, -0.2) is 9.97 Å². The Morgan fingerprint density at radius 1 is 0.241 bits per heavy atom. The van der Waals surface area contributed by atoms with Crippen LogP contribution < -0.4 is 0 Å². The molecule has 0 unspecified atom stereocenters. The maximum atomic E-state index is 5.16. The van der Waals surface area contributed by atoms with Crippen molar-refractivity contribution in [3.8, 4) is 44.5 Å². The minimum Gasteiger partial charge on any atom is -0.252 e. The van der Waals surface area contributed by atoms with Crippen molar-refractivity contribution in [3.05, 3.63) is 207 Å². The average Bonchev–Trinajstić information content (AvgIpc) is 3.29. The van der Waals surface area contributed by atoms with Crippen LogP contribution >= 0.6 is 0 Å². The molecule has 0 aliphatic rings. The lowest BCUT2D eigenvalue weighted by atomic mass is 9.83. The third-order valence-electron chi connectivity index (χ3n) is 12.1. The fraction of sp³-hybridized carbons (Fsp3) is 0. The Labute approximate surface area is 335 Å². The second-order valence-electron chi connectivity index (χ2n) is 15.2. The highest BCUT2D eigenvalue weighted by atomic mass is 14.8. The predicted molar refractivity (Wildman–Crippen MR) is 246 cm³/mol. The van der Waals surface area contributed by atoms with Gasteiger partial charge >= 0.3 is 0 Å². The summed E-state index contributed by atoms with van der Waals surface area (Å²) >= 11 is 0. The first kappa shape index (κ1) is 32.6. The molecule has 0 amide bonds. The Morgan fingerprint density at radius 3 is 0.879 bits per heavy atom. The molecule has 12 aromatic rings. The molecule has 11 aromatic carbocycles. The van der Waals surface area contributed by atoms with Gasteiger partial charge in [0, 0.05) is 23.5 Å². The zero-order valence-corrected chi connectivity index (χ0v) is 31.5. The van der Waals surface area contributed by atoms with Crippen molar-refractivity contribution in [1.29, 1.82) is 0 Å². The summed E-state index contributed by atoms with van der Waals surface area (Å²) < 4.78 is 0. The number of hydrogen-bond acceptors (Lipinski definition) is 2. The molecule has 0 spiro atoms. The molecule has 0 radical (unpaired) electrons. The van der Waals surface area contributed by atoms with E-state index >= 15 is 0 Å². The van der Waals surface area contributed by atoms with E-state index in [-0.39, 0.29) is 0 Å². The normalized spacial score (nSPS) is 11.8. The van der Waals surface area contributed by atoms with Gasteiger partial charge in [-0.15, -0.1) is 0 Å². The van der Waals surface area contributed by atoms with E-state index in [0.717, 1.165) is 22.2 Å². The Bertz CT molecular complexity index is 3280. The molecule has 1 aromatic heterocycles. The molecule has 0 saturated carbocycles. The summed E-state index contributed by atoms with van der Waals surface area (Å²) in [6, 6.07) is 70.9. The van der Waals surface area contributed by atoms with Crippen LogP contribution in [-0.2, 0) is 0 Å². The van der Waals surface area contributed by atoms with Crippen LogP contribution in [0.4, 0.5) is 0 Å². The molecular formula is C56H34N2. The summed E-state index contributed by atoms with van der Waals surface area (Å²) in [6.07, 6.45) is 3.67. The first-order valence-corrected chi connectivity index (χ1v) is 19.9. The SMILES string of the molecule is c1ccc2cc(-c3c4ccccc4c(-c4ccc(-c5c6ccccc6c(-c6ccc7ccccc7c6)c6ccccc56)c5nccnc45)c4ccccc34)ccc2c1. The molecular weight excluding hydrogens is 701 g/mol. The maximum Gasteiger partial charge on any atom is 0.0971 e. The van der Waals surface area contributed by atoms with Gasteiger partial charge < -0.3 is 0 Å². The summed E-state index contributed by atoms with van der Waals surface area (Å²) in [5.74, 6) is 0. The second kappa shape index (κ2) is 12.9. The first-order valence-electron chi connectivity index (χ1n) is 19.9. The fourth-order valence-electron chi connectivity index (χ4n) is 9.61. The van der Waals surface area contributed by atoms with Crippen molar-refractivity contribution in [2.75, 3.05) is 0 Å². The van der Waals surface area contributed by atoms with E-state index in [1.807, 2.05) is 12.4 Å². The van der Waals surface area contributed by atoms with Gasteiger partial charge in [-0.05, 0) is 110 Å². The van der Waals surface area contributed by atoms with E-state index in [9.17, 15) is 0 Å². The molecule has 58 heavy (non-hydrogen) atoms. The van der Waals surface area contributed by atoms with Gasteiger partial charge in [-0.2, -0.15) is 0 Å². The third-order valence-corrected chi connectivity index (χ3v) is 12.1. The maximum absolute atomic E-state index is 5.16. The van der Waals surface area contributed by atoms with Gasteiger partial charge in [0.05, 0.1) is 11.0 Å². The highest BCUT2D eigenvalue weighted by molar-refractivity contribution is 6.26. The van der Waals surface area contributed by atoms with E-state index in [1.165, 1.54) is 98.0 Å². The molecule has 0 bridgehead atoms. The monoisotopic (exact) mass is 734 g/mol. The van der Waals surface area contributed by atoms with E-state index < -0.39 is 0 Å². The molecule has 2 nitrogen and oxygen atoms in total. The third kappa shape index (κ3) is 4.92. The molecule has 0 fully saturated rings. The summed E-state index contributed by atoms with van der Waals surface area (Å²) in [4.78, 5) is 10.3. The summed E-state index contributed by atoms with van der Waals surface area (Å²) in [5, 5.41) is 14.6. The number of nitrogens with zero attached hydrogens (tertiary/aromatic N) is 2. The minimum atomic E-state index is 0.889. The second-order valence-corrected chi connectivity index (χ2v) is 15.2. The van der Waals surface area contributed by atoms with Crippen LogP contribution in [0.2, 0.25) is 0 Å². The predicted octanol–water partition coefficient (Wildman–Crippen LogP) is 15.2. The van der Waals surface area contributed by atoms with Crippen LogP contribution in [0.5, 0.6) is 0 Å². The zero-order chi connectivity index (χ0) is 38.2. The highest BCUT2D eigenvalue weighted by Crippen LogP contribution is 2.49. The Morgan fingerprint density at radius 2 is 0.534 bits per heavy atom. The lowest BCUT2D eigenvalue weighted by Crippen LogP contribution is -1.96. The van der Waals surface area contributed by atoms with Crippen molar-refractivity contribution >= 4 is 75.7 Å². The standard InChI is InChI=1S/C56H34N2/c1-3-15-37-33-39(27-25-35(37)13-1)51-41-17-5-9-21-45(41)53(46-22-10-6-18-42(46)51)49-29-30-50(56-55(49)57-31-32-58-56)54-47-23-11-7-19-43(47)52(44-20-8-12-24-48(44)54)40-28-26-36-14-2-4-16-38(36)34-40/h1-34H. The van der Waals surface area contributed by atoms with Gasteiger partial charge in [0.25, 0.3) is 0 Å². The van der Waals surface area contributed by atoms with Crippen LogP contribution in [0, 0.1) is 0 Å². The molecule has 1 heterocycles. The first-order chi connectivity index (χ1) is 28.8. The topological polar surface area (TPSA) is 25.8 Å². The number of fused-ring (bicyclic) bond motifs is 7. The van der Waals surface area contributed by atoms with Crippen LogP contribution in [0.25, 0.3) is 120 Å². The molecule has 268 valence electrons. The van der Waals surface area contributed by atoms with Crippen LogP contribution in [0.3, 0.4) is 0 Å². The largest absolute Gasteiger partial charge is 0.252 e. The fourth-order valence-corrected chi connectivity index (χ4v) is 9.61. The van der Waals surface area contributed by atoms with Gasteiger partial charge in [-0.3, -0.25) is 9.97 Å². The lowest BCUT2D eigenvalue weighted by molar-refractivity contribution is 1.30. The molecule has 0 saturated heterocycles. The van der Waals surface area contributed by atoms with Gasteiger partial charge in [-0.1, -0.05) is 182 Å². The van der Waals surface area contributed by atoms with Crippen molar-refractivity contribution < 1.29 is 0 Å². The smallest absolute Gasteiger partial charge is 0.0971 e. The van der Waals surface area contributed by atoms with Gasteiger partial charge in [-0.25, -0.2) is 0 Å². The Balaban J connectivity index is 1.14. The van der Waals surface area contributed by atoms with Crippen molar-refractivity contribution in [1.82, 2.24) is 9.97 Å². The Kier molecular flexibility index (Phi) is 7.26. The molecule has 12 rings (SSSR count). The van der Waals surface area contributed by atoms with Gasteiger partial charge in [0.2, 0.25) is 0 Å². The van der Waals surface area contributed by atoms with Crippen molar-refractivity contribution in [2.24, 2.45) is 0 Å². The quantitative estimate of drug-likeness (QED) is 0.168. The van der Waals surface area contributed by atoms with Crippen molar-refractivity contribution in [3.63, 3.8) is 0 Å². The molecule has 0 atom stereocenters. The highest BCUT2D eigenvalue weighted by Gasteiger charge is 2.23. The van der Waals surface area contributed by atoms with Crippen molar-refractivity contribution in [2.45, 2.75) is 0 Å². The average molecular weight is 735 g/mol. The number of hydrogen-bond donors (Lipinski definition) is 0. The number of aromatic nitrogens is 2. The number of rotatable bonds is 4. The van der Waals surface area contributed by atoms with Gasteiger partial charge in [0.15, 0.2) is 0 Å². The van der Waals surface area contributed by atoms with E-state index in [0.29, 0.717) is 0 Å². The Hall–Kier alpha value is -7.68. The van der Waals surface area contributed by atoms with Crippen LogP contribution in [0.15, 0.2) is 207 Å². The molecule has 0 aliphatic heterocycles. The lowest BCUT2D eigenvalue weighted by Gasteiger charge is -2.21. The van der Waals surface area contributed by atoms with E-state index in [2.05, 4.69) is 194 Å². The zero-order valence-electron chi connectivity index (χ0n) is 31.5. The molecule has 0 N–H and O–H groups in total. The van der Waals surface area contributed by atoms with E-state index in [4.69, 9.17) is 9.97 Å². The van der Waals surface area contributed by atoms with Gasteiger partial charge in [0.1, 0.15) is 0 Å².